The topological polar surface area (TPSA) is 88.9 Å². The molecular formula is C23H25N5O2. The van der Waals surface area contributed by atoms with Crippen LogP contribution >= 0.6 is 0 Å². The SMILES string of the molecule is CCCCNC(=O)c1ccc(-n2nnc(C(=O)NC3CC3)c2-c2ccccc2)cc1. The molecule has 1 aliphatic rings. The molecule has 30 heavy (non-hydrogen) atoms. The minimum atomic E-state index is -0.213. The van der Waals surface area contributed by atoms with Gasteiger partial charge in [-0.25, -0.2) is 4.68 Å². The Labute approximate surface area is 175 Å². The molecule has 1 heterocycles. The maximum absolute atomic E-state index is 12.7. The summed E-state index contributed by atoms with van der Waals surface area (Å²) in [5.74, 6) is -0.309. The van der Waals surface area contributed by atoms with Gasteiger partial charge in [0.05, 0.1) is 5.69 Å². The standard InChI is InChI=1S/C23H25N5O2/c1-2-3-15-24-22(29)17-9-13-19(14-10-17)28-21(16-7-5-4-6-8-16)20(26-27-28)23(30)25-18-11-12-18/h4-10,13-14,18H,2-3,11-12,15H2,1H3,(H,24,29)(H,25,30). The minimum absolute atomic E-state index is 0.0960. The molecule has 154 valence electrons. The normalized spacial score (nSPS) is 13.1. The van der Waals surface area contributed by atoms with Crippen molar-refractivity contribution in [2.75, 3.05) is 6.54 Å². The van der Waals surface area contributed by atoms with Gasteiger partial charge in [0.25, 0.3) is 11.8 Å². The van der Waals surface area contributed by atoms with Crippen LogP contribution in [-0.2, 0) is 0 Å². The molecule has 0 aliphatic heterocycles. The van der Waals surface area contributed by atoms with Gasteiger partial charge in [-0.1, -0.05) is 48.9 Å². The van der Waals surface area contributed by atoms with E-state index in [1.807, 2.05) is 42.5 Å². The number of carbonyl (C=O) groups excluding carboxylic acids is 2. The van der Waals surface area contributed by atoms with Gasteiger partial charge < -0.3 is 10.6 Å². The summed E-state index contributed by atoms with van der Waals surface area (Å²) < 4.78 is 1.65. The van der Waals surface area contributed by atoms with Crippen molar-refractivity contribution in [3.8, 4) is 16.9 Å². The van der Waals surface area contributed by atoms with Gasteiger partial charge in [0.2, 0.25) is 0 Å². The van der Waals surface area contributed by atoms with Crippen molar-refractivity contribution in [3.05, 3.63) is 65.9 Å². The first-order chi connectivity index (χ1) is 14.7. The summed E-state index contributed by atoms with van der Waals surface area (Å²) in [6.45, 7) is 2.75. The Kier molecular flexibility index (Phi) is 5.88. The van der Waals surface area contributed by atoms with Crippen LogP contribution in [0.1, 0.15) is 53.5 Å². The summed E-state index contributed by atoms with van der Waals surface area (Å²) in [6.07, 6.45) is 3.99. The van der Waals surface area contributed by atoms with E-state index in [2.05, 4.69) is 27.9 Å². The van der Waals surface area contributed by atoms with Gasteiger partial charge >= 0.3 is 0 Å². The van der Waals surface area contributed by atoms with Gasteiger partial charge in [0.15, 0.2) is 5.69 Å². The molecule has 0 atom stereocenters. The second kappa shape index (κ2) is 8.90. The van der Waals surface area contributed by atoms with Crippen molar-refractivity contribution in [1.82, 2.24) is 25.6 Å². The molecule has 7 heteroatoms. The van der Waals surface area contributed by atoms with E-state index in [0.717, 1.165) is 36.9 Å². The Bertz CT molecular complexity index is 1020. The predicted octanol–water partition coefficient (Wildman–Crippen LogP) is 3.36. The maximum Gasteiger partial charge on any atom is 0.274 e. The minimum Gasteiger partial charge on any atom is -0.352 e. The number of nitrogens with zero attached hydrogens (tertiary/aromatic N) is 3. The molecule has 0 saturated heterocycles. The van der Waals surface area contributed by atoms with Crippen molar-refractivity contribution in [2.45, 2.75) is 38.6 Å². The van der Waals surface area contributed by atoms with Gasteiger partial charge in [-0.2, -0.15) is 0 Å². The van der Waals surface area contributed by atoms with Crippen LogP contribution in [0.5, 0.6) is 0 Å². The summed E-state index contributed by atoms with van der Waals surface area (Å²) in [6, 6.07) is 17.0. The fourth-order valence-electron chi connectivity index (χ4n) is 3.19. The highest BCUT2D eigenvalue weighted by molar-refractivity contribution is 5.98. The van der Waals surface area contributed by atoms with E-state index < -0.39 is 0 Å². The molecular weight excluding hydrogens is 378 g/mol. The molecule has 1 aromatic heterocycles. The van der Waals surface area contributed by atoms with Gasteiger partial charge in [-0.15, -0.1) is 5.10 Å². The second-order valence-electron chi connectivity index (χ2n) is 7.47. The number of aromatic nitrogens is 3. The third-order valence-electron chi connectivity index (χ3n) is 5.04. The average Bonchev–Trinajstić information content (AvgIpc) is 3.48. The number of amides is 2. The highest BCUT2D eigenvalue weighted by Crippen LogP contribution is 2.26. The molecule has 3 aromatic rings. The zero-order chi connectivity index (χ0) is 20.9. The number of rotatable bonds is 8. The second-order valence-corrected chi connectivity index (χ2v) is 7.47. The number of carbonyl (C=O) groups is 2. The van der Waals surface area contributed by atoms with E-state index in [4.69, 9.17) is 0 Å². The van der Waals surface area contributed by atoms with Crippen molar-refractivity contribution in [3.63, 3.8) is 0 Å². The van der Waals surface area contributed by atoms with Crippen LogP contribution in [0.15, 0.2) is 54.6 Å². The lowest BCUT2D eigenvalue weighted by molar-refractivity contribution is 0.0941. The van der Waals surface area contributed by atoms with Crippen molar-refractivity contribution < 1.29 is 9.59 Å². The van der Waals surface area contributed by atoms with E-state index in [-0.39, 0.29) is 17.9 Å². The molecule has 0 unspecified atom stereocenters. The first-order valence-electron chi connectivity index (χ1n) is 10.4. The Morgan fingerprint density at radius 3 is 2.43 bits per heavy atom. The summed E-state index contributed by atoms with van der Waals surface area (Å²) >= 11 is 0. The first-order valence-corrected chi connectivity index (χ1v) is 10.4. The zero-order valence-corrected chi connectivity index (χ0v) is 17.0. The highest BCUT2D eigenvalue weighted by atomic mass is 16.2. The molecule has 0 radical (unpaired) electrons. The van der Waals surface area contributed by atoms with Crippen LogP contribution in [-0.4, -0.2) is 39.4 Å². The van der Waals surface area contributed by atoms with Crippen LogP contribution in [0.25, 0.3) is 16.9 Å². The van der Waals surface area contributed by atoms with E-state index in [1.54, 1.807) is 16.8 Å². The maximum atomic E-state index is 12.7. The lowest BCUT2D eigenvalue weighted by atomic mass is 10.1. The molecule has 2 aromatic carbocycles. The third-order valence-corrected chi connectivity index (χ3v) is 5.04. The monoisotopic (exact) mass is 403 g/mol. The lowest BCUT2D eigenvalue weighted by Crippen LogP contribution is -2.26. The molecule has 7 nitrogen and oxygen atoms in total. The summed E-state index contributed by atoms with van der Waals surface area (Å²) in [5, 5.41) is 14.3. The van der Waals surface area contributed by atoms with Crippen molar-refractivity contribution in [2.24, 2.45) is 0 Å². The number of benzene rings is 2. The fourth-order valence-corrected chi connectivity index (χ4v) is 3.19. The Morgan fingerprint density at radius 1 is 1.03 bits per heavy atom. The van der Waals surface area contributed by atoms with Crippen LogP contribution in [0.2, 0.25) is 0 Å². The Balaban J connectivity index is 1.64. The third kappa shape index (κ3) is 4.40. The van der Waals surface area contributed by atoms with Crippen molar-refractivity contribution >= 4 is 11.8 Å². The highest BCUT2D eigenvalue weighted by Gasteiger charge is 2.28. The van der Waals surface area contributed by atoms with Gasteiger partial charge in [-0.3, -0.25) is 9.59 Å². The van der Waals surface area contributed by atoms with Crippen molar-refractivity contribution in [1.29, 1.82) is 0 Å². The lowest BCUT2D eigenvalue weighted by Gasteiger charge is -2.10. The smallest absolute Gasteiger partial charge is 0.274 e. The molecule has 0 spiro atoms. The first kappa shape index (κ1) is 19.8. The Morgan fingerprint density at radius 2 is 1.77 bits per heavy atom. The molecule has 0 bridgehead atoms. The van der Waals surface area contributed by atoms with E-state index in [9.17, 15) is 9.59 Å². The average molecular weight is 403 g/mol. The zero-order valence-electron chi connectivity index (χ0n) is 17.0. The van der Waals surface area contributed by atoms with Crippen LogP contribution < -0.4 is 10.6 Å². The van der Waals surface area contributed by atoms with E-state index >= 15 is 0 Å². The summed E-state index contributed by atoms with van der Waals surface area (Å²) in [7, 11) is 0. The summed E-state index contributed by atoms with van der Waals surface area (Å²) in [5.41, 5.74) is 3.10. The Hall–Kier alpha value is -3.48. The molecule has 1 aliphatic carbocycles. The molecule has 2 amide bonds. The molecule has 4 rings (SSSR count). The van der Waals surface area contributed by atoms with E-state index in [1.165, 1.54) is 0 Å². The van der Waals surface area contributed by atoms with Gasteiger partial charge in [0.1, 0.15) is 5.69 Å². The van der Waals surface area contributed by atoms with Crippen LogP contribution in [0.4, 0.5) is 0 Å². The molecule has 2 N–H and O–H groups in total. The van der Waals surface area contributed by atoms with Gasteiger partial charge in [0, 0.05) is 23.7 Å². The predicted molar refractivity (Wildman–Crippen MR) is 115 cm³/mol. The largest absolute Gasteiger partial charge is 0.352 e. The van der Waals surface area contributed by atoms with Crippen LogP contribution in [0, 0.1) is 0 Å². The number of unbranched alkanes of at least 4 members (excludes halogenated alkanes) is 1. The molecule has 1 fully saturated rings. The number of hydrogen-bond acceptors (Lipinski definition) is 4. The fraction of sp³-hybridized carbons (Fsp3) is 0.304. The summed E-state index contributed by atoms with van der Waals surface area (Å²) in [4.78, 5) is 25.0. The van der Waals surface area contributed by atoms with E-state index in [0.29, 0.717) is 23.5 Å². The molecule has 1 saturated carbocycles. The quantitative estimate of drug-likeness (QED) is 0.565. The van der Waals surface area contributed by atoms with Gasteiger partial charge in [-0.05, 0) is 43.5 Å². The van der Waals surface area contributed by atoms with Crippen LogP contribution in [0.3, 0.4) is 0 Å². The number of nitrogens with one attached hydrogen (secondary N) is 2. The number of hydrogen-bond donors (Lipinski definition) is 2.